The molecule has 0 amide bonds. The molecule has 8 heteroatoms. The molecule has 1 N–H and O–H groups in total. The minimum Gasteiger partial charge on any atom is -0.477 e. The summed E-state index contributed by atoms with van der Waals surface area (Å²) in [6.07, 6.45) is 3.82. The van der Waals surface area contributed by atoms with Crippen molar-refractivity contribution < 1.29 is 9.90 Å². The van der Waals surface area contributed by atoms with Gasteiger partial charge in [-0.25, -0.2) is 9.59 Å². The molecule has 0 unspecified atom stereocenters. The number of carboxylic acids is 1. The van der Waals surface area contributed by atoms with Crippen LogP contribution >= 0.6 is 11.3 Å². The van der Waals surface area contributed by atoms with Crippen LogP contribution in [0.1, 0.15) is 40.9 Å². The predicted molar refractivity (Wildman–Crippen MR) is 81.6 cm³/mol. The summed E-state index contributed by atoms with van der Waals surface area (Å²) in [5.74, 6) is -1.12. The number of nitrogens with zero attached hydrogens (tertiary/aromatic N) is 3. The fourth-order valence-corrected chi connectivity index (χ4v) is 3.14. The van der Waals surface area contributed by atoms with E-state index in [-0.39, 0.29) is 17.0 Å². The monoisotopic (exact) mass is 321 g/mol. The summed E-state index contributed by atoms with van der Waals surface area (Å²) in [6, 6.07) is 2.05. The van der Waals surface area contributed by atoms with Crippen molar-refractivity contribution >= 4 is 22.1 Å². The van der Waals surface area contributed by atoms with E-state index in [1.54, 1.807) is 6.92 Å². The second kappa shape index (κ2) is 6.58. The van der Waals surface area contributed by atoms with Crippen LogP contribution in [-0.2, 0) is 6.54 Å². The number of hydrogen-bond donors (Lipinski definition) is 1. The maximum Gasteiger partial charge on any atom is 0.347 e. The van der Waals surface area contributed by atoms with E-state index in [0.29, 0.717) is 23.2 Å². The maximum atomic E-state index is 12.3. The molecule has 0 radical (unpaired) electrons. The molecule has 0 saturated heterocycles. The number of aromatic carboxylic acids is 1. The Morgan fingerprint density at radius 3 is 2.73 bits per heavy atom. The van der Waals surface area contributed by atoms with E-state index in [9.17, 15) is 14.4 Å². The molecular weight excluding hydrogens is 306 g/mol. The van der Waals surface area contributed by atoms with E-state index < -0.39 is 11.7 Å². The molecule has 2 heterocycles. The molecule has 0 saturated carbocycles. The zero-order valence-electron chi connectivity index (χ0n) is 12.0. The highest BCUT2D eigenvalue weighted by atomic mass is 32.1. The Kier molecular flexibility index (Phi) is 4.78. The largest absolute Gasteiger partial charge is 0.477 e. The highest BCUT2D eigenvalue weighted by Crippen LogP contribution is 2.17. The van der Waals surface area contributed by atoms with Crippen LogP contribution in [0.5, 0.6) is 0 Å². The van der Waals surface area contributed by atoms with Crippen molar-refractivity contribution in [3.8, 4) is 6.07 Å². The molecule has 0 aliphatic heterocycles. The van der Waals surface area contributed by atoms with Crippen LogP contribution in [0.15, 0.2) is 15.8 Å². The van der Waals surface area contributed by atoms with Gasteiger partial charge in [-0.1, -0.05) is 6.42 Å². The number of fused-ring (bicyclic) bond motifs is 1. The predicted octanol–water partition coefficient (Wildman–Crippen LogP) is 1.61. The second-order valence-electron chi connectivity index (χ2n) is 4.91. The third-order valence-electron chi connectivity index (χ3n) is 3.38. The van der Waals surface area contributed by atoms with Gasteiger partial charge in [0.25, 0.3) is 5.56 Å². The van der Waals surface area contributed by atoms with Crippen molar-refractivity contribution in [2.75, 3.05) is 0 Å². The van der Waals surface area contributed by atoms with E-state index in [0.717, 1.165) is 28.7 Å². The van der Waals surface area contributed by atoms with Crippen molar-refractivity contribution in [2.45, 2.75) is 39.2 Å². The minimum absolute atomic E-state index is 0.0198. The van der Waals surface area contributed by atoms with Gasteiger partial charge in [-0.2, -0.15) is 5.26 Å². The molecular formula is C14H15N3O4S. The summed E-state index contributed by atoms with van der Waals surface area (Å²) in [4.78, 5) is 36.0. The molecule has 0 atom stereocenters. The van der Waals surface area contributed by atoms with Crippen molar-refractivity contribution in [3.05, 3.63) is 37.5 Å². The summed E-state index contributed by atoms with van der Waals surface area (Å²) in [6.45, 7) is 1.86. The van der Waals surface area contributed by atoms with Crippen LogP contribution in [0, 0.1) is 18.3 Å². The maximum absolute atomic E-state index is 12.3. The number of carboxylic acid groups (broad SMARTS) is 1. The smallest absolute Gasteiger partial charge is 0.347 e. The zero-order valence-corrected chi connectivity index (χ0v) is 12.9. The Bertz CT molecular complexity index is 869. The SMILES string of the molecule is Cc1c(=O)n(CCCCCC#N)c(=O)n2cc(C(=O)O)sc12. The van der Waals surface area contributed by atoms with Crippen LogP contribution in [0.2, 0.25) is 0 Å². The number of rotatable bonds is 6. The number of aromatic nitrogens is 2. The Hall–Kier alpha value is -2.40. The number of thiazole rings is 1. The summed E-state index contributed by atoms with van der Waals surface area (Å²) in [5, 5.41) is 17.5. The van der Waals surface area contributed by atoms with E-state index in [1.807, 2.05) is 6.07 Å². The van der Waals surface area contributed by atoms with Gasteiger partial charge >= 0.3 is 11.7 Å². The second-order valence-corrected chi connectivity index (χ2v) is 5.94. The fourth-order valence-electron chi connectivity index (χ4n) is 2.21. The van der Waals surface area contributed by atoms with E-state index in [4.69, 9.17) is 10.4 Å². The summed E-state index contributed by atoms with van der Waals surface area (Å²) >= 11 is 0.918. The van der Waals surface area contributed by atoms with Crippen molar-refractivity contribution in [1.82, 2.24) is 8.97 Å². The van der Waals surface area contributed by atoms with Gasteiger partial charge in [-0.05, 0) is 19.8 Å². The quantitative estimate of drug-likeness (QED) is 0.814. The summed E-state index contributed by atoms with van der Waals surface area (Å²) < 4.78 is 2.35. The summed E-state index contributed by atoms with van der Waals surface area (Å²) in [7, 11) is 0. The lowest BCUT2D eigenvalue weighted by Gasteiger charge is -2.06. The summed E-state index contributed by atoms with van der Waals surface area (Å²) in [5.41, 5.74) is -0.534. The number of hydrogen-bond acceptors (Lipinski definition) is 5. The van der Waals surface area contributed by atoms with Crippen LogP contribution in [0.3, 0.4) is 0 Å². The number of nitriles is 1. The van der Waals surface area contributed by atoms with Gasteiger partial charge in [0.1, 0.15) is 9.71 Å². The highest BCUT2D eigenvalue weighted by molar-refractivity contribution is 7.19. The molecule has 7 nitrogen and oxygen atoms in total. The Morgan fingerprint density at radius 1 is 1.36 bits per heavy atom. The normalized spacial score (nSPS) is 10.7. The Balaban J connectivity index is 2.39. The molecule has 0 aromatic carbocycles. The van der Waals surface area contributed by atoms with Crippen LogP contribution in [0.25, 0.3) is 4.83 Å². The third-order valence-corrected chi connectivity index (χ3v) is 4.57. The van der Waals surface area contributed by atoms with Gasteiger partial charge in [0.2, 0.25) is 0 Å². The van der Waals surface area contributed by atoms with Crippen molar-refractivity contribution in [3.63, 3.8) is 0 Å². The van der Waals surface area contributed by atoms with Gasteiger partial charge in [-0.3, -0.25) is 13.8 Å². The molecule has 2 aromatic rings. The fraction of sp³-hybridized carbons (Fsp3) is 0.429. The first-order valence-corrected chi connectivity index (χ1v) is 7.65. The Morgan fingerprint density at radius 2 is 2.09 bits per heavy atom. The van der Waals surface area contributed by atoms with E-state index in [1.165, 1.54) is 10.6 Å². The molecule has 0 spiro atoms. The average Bonchev–Trinajstić information content (AvgIpc) is 2.93. The number of unbranched alkanes of at least 4 members (excludes halogenated alkanes) is 3. The molecule has 0 aliphatic rings. The first-order chi connectivity index (χ1) is 10.5. The van der Waals surface area contributed by atoms with Crippen molar-refractivity contribution in [2.24, 2.45) is 0 Å². The van der Waals surface area contributed by atoms with Gasteiger partial charge in [0.15, 0.2) is 0 Å². The van der Waals surface area contributed by atoms with E-state index in [2.05, 4.69) is 0 Å². The Labute approximate surface area is 129 Å². The first-order valence-electron chi connectivity index (χ1n) is 6.83. The molecule has 2 aromatic heterocycles. The molecule has 0 fully saturated rings. The van der Waals surface area contributed by atoms with Crippen LogP contribution in [0.4, 0.5) is 0 Å². The van der Waals surface area contributed by atoms with E-state index >= 15 is 0 Å². The highest BCUT2D eigenvalue weighted by Gasteiger charge is 2.16. The third kappa shape index (κ3) is 2.94. The standard InChI is InChI=1S/C14H15N3O4S/c1-9-11(18)16(7-5-3-2-4-6-15)14(21)17-8-10(13(19)20)22-12(9)17/h8H,2-5,7H2,1H3,(H,19,20). The molecule has 0 bridgehead atoms. The zero-order chi connectivity index (χ0) is 16.3. The average molecular weight is 321 g/mol. The number of aryl methyl sites for hydroxylation is 1. The minimum atomic E-state index is -1.12. The van der Waals surface area contributed by atoms with Crippen LogP contribution in [-0.4, -0.2) is 20.0 Å². The van der Waals surface area contributed by atoms with Crippen LogP contribution < -0.4 is 11.2 Å². The van der Waals surface area contributed by atoms with Gasteiger partial charge in [0, 0.05) is 24.7 Å². The molecule has 2 rings (SSSR count). The van der Waals surface area contributed by atoms with Gasteiger partial charge in [0.05, 0.1) is 6.07 Å². The molecule has 22 heavy (non-hydrogen) atoms. The lowest BCUT2D eigenvalue weighted by atomic mass is 10.2. The first kappa shape index (κ1) is 16.0. The van der Waals surface area contributed by atoms with Gasteiger partial charge in [-0.15, -0.1) is 11.3 Å². The van der Waals surface area contributed by atoms with Crippen molar-refractivity contribution in [1.29, 1.82) is 5.26 Å². The lowest BCUT2D eigenvalue weighted by Crippen LogP contribution is -2.38. The van der Waals surface area contributed by atoms with Gasteiger partial charge < -0.3 is 5.11 Å². The topological polar surface area (TPSA) is 105 Å². The number of carbonyl (C=O) groups is 1. The molecule has 0 aliphatic carbocycles. The molecule has 116 valence electrons. The lowest BCUT2D eigenvalue weighted by molar-refractivity contribution is 0.0701.